The van der Waals surface area contributed by atoms with E-state index < -0.39 is 11.9 Å². The van der Waals surface area contributed by atoms with E-state index in [2.05, 4.69) is 49.6 Å². The molecule has 1 aliphatic heterocycles. The predicted octanol–water partition coefficient (Wildman–Crippen LogP) is 1.78. The van der Waals surface area contributed by atoms with Gasteiger partial charge < -0.3 is 25.5 Å². The molecule has 1 aliphatic rings. The molecular weight excluding hydrogens is 360 g/mol. The number of anilines is 4. The third-order valence-electron chi connectivity index (χ3n) is 4.51. The minimum absolute atomic E-state index is 0.101. The highest BCUT2D eigenvalue weighted by Gasteiger charge is 2.14. The number of benzene rings is 1. The van der Waals surface area contributed by atoms with Gasteiger partial charge in [0.15, 0.2) is 0 Å². The molecule has 0 aliphatic carbocycles. The summed E-state index contributed by atoms with van der Waals surface area (Å²) in [7, 11) is 2.13. The summed E-state index contributed by atoms with van der Waals surface area (Å²) in [6, 6.07) is 9.72. The largest absolute Gasteiger partial charge is 0.481 e. The van der Waals surface area contributed by atoms with Crippen LogP contribution in [0, 0.1) is 0 Å². The molecule has 1 amide bonds. The van der Waals surface area contributed by atoms with Crippen LogP contribution in [-0.2, 0) is 9.59 Å². The van der Waals surface area contributed by atoms with Gasteiger partial charge in [-0.05, 0) is 31.3 Å². The minimum Gasteiger partial charge on any atom is -0.481 e. The van der Waals surface area contributed by atoms with Crippen molar-refractivity contribution in [1.29, 1.82) is 0 Å². The van der Waals surface area contributed by atoms with Gasteiger partial charge in [0.05, 0.1) is 6.42 Å². The van der Waals surface area contributed by atoms with Gasteiger partial charge in [-0.3, -0.25) is 9.59 Å². The Morgan fingerprint density at radius 1 is 1.04 bits per heavy atom. The van der Waals surface area contributed by atoms with Crippen LogP contribution in [0.3, 0.4) is 0 Å². The SMILES string of the molecule is CN1CCN(c2ccc(Nc3cc(NC(=O)CCC(=O)O)ncn3)cc2)CC1. The third-order valence-corrected chi connectivity index (χ3v) is 4.51. The molecule has 0 radical (unpaired) electrons. The first-order valence-corrected chi connectivity index (χ1v) is 9.14. The van der Waals surface area contributed by atoms with E-state index in [1.165, 1.54) is 12.0 Å². The van der Waals surface area contributed by atoms with Gasteiger partial charge in [0.2, 0.25) is 5.91 Å². The lowest BCUT2D eigenvalue weighted by Gasteiger charge is -2.34. The number of hydrogen-bond donors (Lipinski definition) is 3. The van der Waals surface area contributed by atoms with Crippen molar-refractivity contribution in [2.45, 2.75) is 12.8 Å². The molecule has 9 nitrogen and oxygen atoms in total. The number of amides is 1. The van der Waals surface area contributed by atoms with Crippen molar-refractivity contribution in [3.8, 4) is 0 Å². The van der Waals surface area contributed by atoms with Gasteiger partial charge >= 0.3 is 5.97 Å². The fourth-order valence-corrected chi connectivity index (χ4v) is 2.89. The number of rotatable bonds is 7. The van der Waals surface area contributed by atoms with Crippen LogP contribution in [0.25, 0.3) is 0 Å². The summed E-state index contributed by atoms with van der Waals surface area (Å²) in [6.45, 7) is 4.14. The Balaban J connectivity index is 1.57. The Bertz CT molecular complexity index is 819. The second-order valence-corrected chi connectivity index (χ2v) is 6.69. The standard InChI is InChI=1S/C19H24N6O3/c1-24-8-10-25(11-9-24)15-4-2-14(3-5-15)22-16-12-17(21-13-20-16)23-18(26)6-7-19(27)28/h2-5,12-13H,6-11H2,1H3,(H,27,28)(H2,20,21,22,23,26). The van der Waals surface area contributed by atoms with E-state index in [9.17, 15) is 9.59 Å². The number of nitrogens with one attached hydrogen (secondary N) is 2. The van der Waals surface area contributed by atoms with Crippen LogP contribution >= 0.6 is 0 Å². The van der Waals surface area contributed by atoms with Crippen molar-refractivity contribution in [2.24, 2.45) is 0 Å². The molecule has 0 spiro atoms. The van der Waals surface area contributed by atoms with Crippen molar-refractivity contribution < 1.29 is 14.7 Å². The van der Waals surface area contributed by atoms with Crippen molar-refractivity contribution >= 4 is 34.9 Å². The molecule has 1 aromatic heterocycles. The van der Waals surface area contributed by atoms with Crippen molar-refractivity contribution in [1.82, 2.24) is 14.9 Å². The lowest BCUT2D eigenvalue weighted by molar-refractivity contribution is -0.138. The summed E-state index contributed by atoms with van der Waals surface area (Å²) in [4.78, 5) is 35.1. The van der Waals surface area contributed by atoms with E-state index in [1.54, 1.807) is 6.07 Å². The number of likely N-dealkylation sites (N-methyl/N-ethyl adjacent to an activating group) is 1. The van der Waals surface area contributed by atoms with Crippen LogP contribution in [0.1, 0.15) is 12.8 Å². The van der Waals surface area contributed by atoms with E-state index in [0.717, 1.165) is 31.9 Å². The summed E-state index contributed by atoms with van der Waals surface area (Å²) >= 11 is 0. The highest BCUT2D eigenvalue weighted by atomic mass is 16.4. The first kappa shape index (κ1) is 19.6. The quantitative estimate of drug-likeness (QED) is 0.662. The predicted molar refractivity (Wildman–Crippen MR) is 107 cm³/mol. The van der Waals surface area contributed by atoms with Gasteiger partial charge in [0.1, 0.15) is 18.0 Å². The zero-order valence-corrected chi connectivity index (χ0v) is 15.8. The maximum absolute atomic E-state index is 11.7. The number of carbonyl (C=O) groups excluding carboxylic acids is 1. The Labute approximate surface area is 163 Å². The Morgan fingerprint density at radius 3 is 2.39 bits per heavy atom. The number of aliphatic carboxylic acids is 1. The summed E-state index contributed by atoms with van der Waals surface area (Å²) < 4.78 is 0. The van der Waals surface area contributed by atoms with Crippen LogP contribution in [0.5, 0.6) is 0 Å². The zero-order valence-electron chi connectivity index (χ0n) is 15.8. The number of hydrogen-bond acceptors (Lipinski definition) is 7. The number of carboxylic acid groups (broad SMARTS) is 1. The van der Waals surface area contributed by atoms with E-state index in [-0.39, 0.29) is 12.8 Å². The average Bonchev–Trinajstić information content (AvgIpc) is 2.68. The molecule has 2 aromatic rings. The molecule has 2 heterocycles. The lowest BCUT2D eigenvalue weighted by Crippen LogP contribution is -2.44. The minimum atomic E-state index is -1.01. The Kier molecular flexibility index (Phi) is 6.38. The van der Waals surface area contributed by atoms with E-state index in [0.29, 0.717) is 11.6 Å². The van der Waals surface area contributed by atoms with Crippen LogP contribution in [0.4, 0.5) is 23.0 Å². The number of nitrogens with zero attached hydrogens (tertiary/aromatic N) is 4. The normalized spacial score (nSPS) is 14.5. The van der Waals surface area contributed by atoms with Crippen molar-refractivity contribution in [3.63, 3.8) is 0 Å². The number of carboxylic acids is 1. The van der Waals surface area contributed by atoms with Crippen LogP contribution in [-0.4, -0.2) is 65.1 Å². The molecule has 1 fully saturated rings. The highest BCUT2D eigenvalue weighted by molar-refractivity contribution is 5.91. The average molecular weight is 384 g/mol. The summed E-state index contributed by atoms with van der Waals surface area (Å²) in [6.07, 6.45) is 1.02. The van der Waals surface area contributed by atoms with Gasteiger partial charge in [-0.2, -0.15) is 0 Å². The van der Waals surface area contributed by atoms with E-state index >= 15 is 0 Å². The van der Waals surface area contributed by atoms with Crippen molar-refractivity contribution in [2.75, 3.05) is 48.8 Å². The molecule has 1 saturated heterocycles. The molecule has 0 bridgehead atoms. The summed E-state index contributed by atoms with van der Waals surface area (Å²) in [5.74, 6) is -0.554. The second-order valence-electron chi connectivity index (χ2n) is 6.69. The second kappa shape index (κ2) is 9.14. The van der Waals surface area contributed by atoms with Gasteiger partial charge in [-0.25, -0.2) is 9.97 Å². The fraction of sp³-hybridized carbons (Fsp3) is 0.368. The Morgan fingerprint density at radius 2 is 1.71 bits per heavy atom. The Hall–Kier alpha value is -3.20. The lowest BCUT2D eigenvalue weighted by atomic mass is 10.2. The smallest absolute Gasteiger partial charge is 0.303 e. The molecule has 0 unspecified atom stereocenters. The molecule has 9 heteroatoms. The van der Waals surface area contributed by atoms with E-state index in [4.69, 9.17) is 5.11 Å². The fourth-order valence-electron chi connectivity index (χ4n) is 2.89. The number of aromatic nitrogens is 2. The van der Waals surface area contributed by atoms with Crippen LogP contribution < -0.4 is 15.5 Å². The molecule has 148 valence electrons. The molecular formula is C19H24N6O3. The molecule has 28 heavy (non-hydrogen) atoms. The molecule has 0 saturated carbocycles. The molecule has 3 N–H and O–H groups in total. The van der Waals surface area contributed by atoms with Gasteiger partial charge in [0, 0.05) is 50.0 Å². The van der Waals surface area contributed by atoms with Gasteiger partial charge in [-0.1, -0.05) is 0 Å². The summed E-state index contributed by atoms with van der Waals surface area (Å²) in [5.41, 5.74) is 2.06. The van der Waals surface area contributed by atoms with Gasteiger partial charge in [0.25, 0.3) is 0 Å². The molecule has 0 atom stereocenters. The first-order chi connectivity index (χ1) is 13.5. The number of piperazine rings is 1. The molecule has 3 rings (SSSR count). The molecule has 1 aromatic carbocycles. The number of carbonyl (C=O) groups is 2. The highest BCUT2D eigenvalue weighted by Crippen LogP contribution is 2.22. The maximum Gasteiger partial charge on any atom is 0.303 e. The van der Waals surface area contributed by atoms with Crippen LogP contribution in [0.15, 0.2) is 36.7 Å². The van der Waals surface area contributed by atoms with E-state index in [1.807, 2.05) is 12.1 Å². The first-order valence-electron chi connectivity index (χ1n) is 9.14. The summed E-state index contributed by atoms with van der Waals surface area (Å²) in [5, 5.41) is 14.4. The maximum atomic E-state index is 11.7. The zero-order chi connectivity index (χ0) is 19.9. The van der Waals surface area contributed by atoms with Gasteiger partial charge in [-0.15, -0.1) is 0 Å². The monoisotopic (exact) mass is 384 g/mol. The van der Waals surface area contributed by atoms with Crippen molar-refractivity contribution in [3.05, 3.63) is 36.7 Å². The third kappa shape index (κ3) is 5.65. The van der Waals surface area contributed by atoms with Crippen LogP contribution in [0.2, 0.25) is 0 Å². The topological polar surface area (TPSA) is 111 Å².